The molecule has 0 atom stereocenters. The van der Waals surface area contributed by atoms with E-state index in [-0.39, 0.29) is 0 Å². The van der Waals surface area contributed by atoms with Crippen molar-refractivity contribution in [2.24, 2.45) is 0 Å². The lowest BCUT2D eigenvalue weighted by atomic mass is 10.2. The largest absolute Gasteiger partial charge is 0.221 e. The van der Waals surface area contributed by atoms with Gasteiger partial charge < -0.3 is 0 Å². The number of rotatable bonds is 1. The number of nitrogens with zero attached hydrogens (tertiary/aromatic N) is 2. The minimum absolute atomic E-state index is 0.715. The first kappa shape index (κ1) is 9.80. The first-order valence-electron chi connectivity index (χ1n) is 4.01. The summed E-state index contributed by atoms with van der Waals surface area (Å²) in [5.41, 5.74) is 1.01. The van der Waals surface area contributed by atoms with E-state index in [0.717, 1.165) is 14.8 Å². The topological polar surface area (TPSA) is 25.8 Å². The fraction of sp³-hybridized carbons (Fsp3) is 0. The van der Waals surface area contributed by atoms with Gasteiger partial charge in [-0.2, -0.15) is 0 Å². The van der Waals surface area contributed by atoms with Crippen LogP contribution >= 0.6 is 31.9 Å². The molecule has 0 aliphatic rings. The zero-order valence-corrected chi connectivity index (χ0v) is 10.3. The molecule has 2 aromatic rings. The van der Waals surface area contributed by atoms with E-state index in [2.05, 4.69) is 41.8 Å². The highest BCUT2D eigenvalue weighted by Crippen LogP contribution is 2.20. The van der Waals surface area contributed by atoms with Crippen molar-refractivity contribution in [3.05, 3.63) is 45.6 Å². The molecule has 0 spiro atoms. The molecule has 0 N–H and O–H groups in total. The van der Waals surface area contributed by atoms with Crippen molar-refractivity contribution >= 4 is 31.9 Å². The number of halogens is 2. The normalized spacial score (nSPS) is 10.1. The standard InChI is InChI=1S/C10H6Br2N2/c11-8-6-9(12)14-10(13-8)7-4-2-1-3-5-7/h1-6H. The Hall–Kier alpha value is -0.740. The number of hydrogen-bond acceptors (Lipinski definition) is 2. The summed E-state index contributed by atoms with van der Waals surface area (Å²) in [5, 5.41) is 0. The summed E-state index contributed by atoms with van der Waals surface area (Å²) in [4.78, 5) is 8.56. The van der Waals surface area contributed by atoms with E-state index in [1.165, 1.54) is 0 Å². The van der Waals surface area contributed by atoms with Gasteiger partial charge in [0.2, 0.25) is 0 Å². The Labute approximate surface area is 98.7 Å². The predicted octanol–water partition coefficient (Wildman–Crippen LogP) is 3.67. The molecule has 2 rings (SSSR count). The van der Waals surface area contributed by atoms with E-state index in [0.29, 0.717) is 5.82 Å². The zero-order chi connectivity index (χ0) is 9.97. The minimum atomic E-state index is 0.715. The fourth-order valence-electron chi connectivity index (χ4n) is 1.11. The molecular weight excluding hydrogens is 308 g/mol. The predicted molar refractivity (Wildman–Crippen MR) is 62.9 cm³/mol. The Kier molecular flexibility index (Phi) is 2.93. The van der Waals surface area contributed by atoms with E-state index < -0.39 is 0 Å². The molecule has 0 saturated heterocycles. The Bertz CT molecular complexity index is 423. The van der Waals surface area contributed by atoms with Crippen LogP contribution in [0.5, 0.6) is 0 Å². The monoisotopic (exact) mass is 312 g/mol. The van der Waals surface area contributed by atoms with Gasteiger partial charge in [-0.15, -0.1) is 0 Å². The van der Waals surface area contributed by atoms with Crippen LogP contribution < -0.4 is 0 Å². The SMILES string of the molecule is Brc1cc(Br)nc(-c2ccccc2)n1. The van der Waals surface area contributed by atoms with Gasteiger partial charge in [0, 0.05) is 11.6 Å². The van der Waals surface area contributed by atoms with Crippen LogP contribution in [0.25, 0.3) is 11.4 Å². The van der Waals surface area contributed by atoms with Crippen LogP contribution in [0.15, 0.2) is 45.6 Å². The molecule has 0 aliphatic carbocycles. The van der Waals surface area contributed by atoms with Gasteiger partial charge in [-0.25, -0.2) is 9.97 Å². The first-order valence-corrected chi connectivity index (χ1v) is 5.60. The Morgan fingerprint density at radius 3 is 2.00 bits per heavy atom. The number of benzene rings is 1. The van der Waals surface area contributed by atoms with Gasteiger partial charge in [-0.1, -0.05) is 30.3 Å². The maximum absolute atomic E-state index is 4.28. The smallest absolute Gasteiger partial charge is 0.161 e. The Morgan fingerprint density at radius 2 is 1.43 bits per heavy atom. The molecule has 0 aliphatic heterocycles. The third-order valence-electron chi connectivity index (χ3n) is 1.70. The third kappa shape index (κ3) is 2.19. The second kappa shape index (κ2) is 4.19. The molecule has 0 amide bonds. The van der Waals surface area contributed by atoms with Crippen molar-refractivity contribution in [2.45, 2.75) is 0 Å². The summed E-state index contributed by atoms with van der Waals surface area (Å²) >= 11 is 6.66. The van der Waals surface area contributed by atoms with E-state index >= 15 is 0 Å². The van der Waals surface area contributed by atoms with Crippen molar-refractivity contribution in [3.63, 3.8) is 0 Å². The summed E-state index contributed by atoms with van der Waals surface area (Å²) in [6, 6.07) is 11.7. The van der Waals surface area contributed by atoms with Gasteiger partial charge in [0.05, 0.1) is 0 Å². The van der Waals surface area contributed by atoms with Gasteiger partial charge in [0.25, 0.3) is 0 Å². The zero-order valence-electron chi connectivity index (χ0n) is 7.11. The van der Waals surface area contributed by atoms with Gasteiger partial charge in [0.1, 0.15) is 9.21 Å². The van der Waals surface area contributed by atoms with Crippen molar-refractivity contribution in [1.29, 1.82) is 0 Å². The van der Waals surface area contributed by atoms with Gasteiger partial charge >= 0.3 is 0 Å². The first-order chi connectivity index (χ1) is 6.75. The van der Waals surface area contributed by atoms with E-state index in [1.807, 2.05) is 36.4 Å². The molecule has 1 heterocycles. The molecule has 2 nitrogen and oxygen atoms in total. The summed E-state index contributed by atoms with van der Waals surface area (Å²) in [7, 11) is 0. The van der Waals surface area contributed by atoms with Crippen LogP contribution in [0.3, 0.4) is 0 Å². The molecule has 0 fully saturated rings. The van der Waals surface area contributed by atoms with Crippen molar-refractivity contribution < 1.29 is 0 Å². The molecule has 70 valence electrons. The minimum Gasteiger partial charge on any atom is -0.221 e. The lowest BCUT2D eigenvalue weighted by Crippen LogP contribution is -1.89. The average Bonchev–Trinajstić information content (AvgIpc) is 2.18. The lowest BCUT2D eigenvalue weighted by Gasteiger charge is -2.00. The van der Waals surface area contributed by atoms with E-state index in [9.17, 15) is 0 Å². The summed E-state index contributed by atoms with van der Waals surface area (Å²) in [6.45, 7) is 0. The highest BCUT2D eigenvalue weighted by molar-refractivity contribution is 9.11. The molecule has 1 aromatic heterocycles. The number of aromatic nitrogens is 2. The quantitative estimate of drug-likeness (QED) is 0.751. The maximum Gasteiger partial charge on any atom is 0.161 e. The lowest BCUT2D eigenvalue weighted by molar-refractivity contribution is 1.12. The van der Waals surface area contributed by atoms with Gasteiger partial charge in [0.15, 0.2) is 5.82 Å². The molecule has 1 aromatic carbocycles. The molecule has 0 unspecified atom stereocenters. The van der Waals surface area contributed by atoms with Crippen LogP contribution in [0.4, 0.5) is 0 Å². The maximum atomic E-state index is 4.28. The average molecular weight is 314 g/mol. The van der Waals surface area contributed by atoms with Gasteiger partial charge in [-0.05, 0) is 31.9 Å². The van der Waals surface area contributed by atoms with Crippen LogP contribution in [0.2, 0.25) is 0 Å². The van der Waals surface area contributed by atoms with Crippen LogP contribution in [-0.4, -0.2) is 9.97 Å². The third-order valence-corrected chi connectivity index (χ3v) is 2.51. The van der Waals surface area contributed by atoms with E-state index in [4.69, 9.17) is 0 Å². The highest BCUT2D eigenvalue weighted by atomic mass is 79.9. The molecule has 14 heavy (non-hydrogen) atoms. The molecule has 4 heteroatoms. The molecule has 0 radical (unpaired) electrons. The fourth-order valence-corrected chi connectivity index (χ4v) is 2.18. The summed E-state index contributed by atoms with van der Waals surface area (Å²) in [6.07, 6.45) is 0. The highest BCUT2D eigenvalue weighted by Gasteiger charge is 2.02. The van der Waals surface area contributed by atoms with Crippen molar-refractivity contribution in [2.75, 3.05) is 0 Å². The number of hydrogen-bond donors (Lipinski definition) is 0. The molecule has 0 saturated carbocycles. The van der Waals surface area contributed by atoms with E-state index in [1.54, 1.807) is 0 Å². The van der Waals surface area contributed by atoms with Crippen LogP contribution in [0, 0.1) is 0 Å². The van der Waals surface area contributed by atoms with Crippen molar-refractivity contribution in [1.82, 2.24) is 9.97 Å². The Morgan fingerprint density at radius 1 is 0.857 bits per heavy atom. The van der Waals surface area contributed by atoms with Crippen LogP contribution in [-0.2, 0) is 0 Å². The molecular formula is C10H6Br2N2. The van der Waals surface area contributed by atoms with Crippen molar-refractivity contribution in [3.8, 4) is 11.4 Å². The summed E-state index contributed by atoms with van der Waals surface area (Å²) < 4.78 is 1.55. The second-order valence-electron chi connectivity index (χ2n) is 2.70. The second-order valence-corrected chi connectivity index (χ2v) is 4.33. The molecule has 0 bridgehead atoms. The van der Waals surface area contributed by atoms with Gasteiger partial charge in [-0.3, -0.25) is 0 Å². The van der Waals surface area contributed by atoms with Crippen LogP contribution in [0.1, 0.15) is 0 Å². The summed E-state index contributed by atoms with van der Waals surface area (Å²) in [5.74, 6) is 0.715. The Balaban J connectivity index is 2.52.